The summed E-state index contributed by atoms with van der Waals surface area (Å²) in [6.07, 6.45) is 17.8. The van der Waals surface area contributed by atoms with Gasteiger partial charge in [-0.2, -0.15) is 0 Å². The fourth-order valence-corrected chi connectivity index (χ4v) is 7.03. The van der Waals surface area contributed by atoms with Crippen molar-refractivity contribution in [2.24, 2.45) is 40.9 Å². The van der Waals surface area contributed by atoms with Crippen molar-refractivity contribution in [2.75, 3.05) is 5.88 Å². The molecule has 4 aliphatic carbocycles. The summed E-state index contributed by atoms with van der Waals surface area (Å²) in [6.45, 7) is 2.46. The summed E-state index contributed by atoms with van der Waals surface area (Å²) in [5, 5.41) is 0. The molecular weight excluding hydrogens is 332 g/mol. The number of esters is 1. The zero-order chi connectivity index (χ0) is 17.6. The van der Waals surface area contributed by atoms with Crippen molar-refractivity contribution in [2.45, 2.75) is 58.3 Å². The predicted octanol–water partition coefficient (Wildman–Crippen LogP) is 5.16. The van der Waals surface area contributed by atoms with Crippen LogP contribution in [-0.4, -0.2) is 11.8 Å². The van der Waals surface area contributed by atoms with Crippen molar-refractivity contribution < 1.29 is 9.53 Å². The highest BCUT2D eigenvalue weighted by Crippen LogP contribution is 2.64. The Bertz CT molecular complexity index is 618. The number of hydrogen-bond donors (Lipinski definition) is 0. The number of carbonyl (C=O) groups is 1. The molecule has 0 radical (unpaired) electrons. The first-order chi connectivity index (χ1) is 12.1. The first-order valence-electron chi connectivity index (χ1n) is 9.98. The van der Waals surface area contributed by atoms with E-state index in [9.17, 15) is 4.79 Å². The number of rotatable bonds is 2. The van der Waals surface area contributed by atoms with Crippen molar-refractivity contribution in [3.63, 3.8) is 0 Å². The molecule has 2 nitrogen and oxygen atoms in total. The molecular formula is C22H29ClO2. The number of carbonyl (C=O) groups excluding carboxylic acids is 1. The minimum atomic E-state index is -0.317. The van der Waals surface area contributed by atoms with Gasteiger partial charge in [0.2, 0.25) is 0 Å². The van der Waals surface area contributed by atoms with Gasteiger partial charge in [0.15, 0.2) is 0 Å². The van der Waals surface area contributed by atoms with Crippen LogP contribution in [0.4, 0.5) is 0 Å². The highest BCUT2D eigenvalue weighted by Gasteiger charge is 2.56. The second-order valence-corrected chi connectivity index (χ2v) is 9.26. The quantitative estimate of drug-likeness (QED) is 0.386. The minimum absolute atomic E-state index is 0.0641. The van der Waals surface area contributed by atoms with Crippen LogP contribution in [0.25, 0.3) is 0 Å². The van der Waals surface area contributed by atoms with E-state index >= 15 is 0 Å². The number of hydrogen-bond acceptors (Lipinski definition) is 2. The van der Waals surface area contributed by atoms with Crippen molar-refractivity contribution >= 4 is 17.6 Å². The smallest absolute Gasteiger partial charge is 0.325 e. The van der Waals surface area contributed by atoms with E-state index in [4.69, 9.17) is 22.8 Å². The average Bonchev–Trinajstić information content (AvgIpc) is 2.97. The van der Waals surface area contributed by atoms with Crippen LogP contribution < -0.4 is 0 Å². The summed E-state index contributed by atoms with van der Waals surface area (Å²) in [5.74, 6) is 7.93. The molecule has 25 heavy (non-hydrogen) atoms. The van der Waals surface area contributed by atoms with Gasteiger partial charge in [0, 0.05) is 12.3 Å². The number of halogens is 1. The Hall–Kier alpha value is -0.940. The zero-order valence-corrected chi connectivity index (χ0v) is 15.9. The molecule has 0 bridgehead atoms. The van der Waals surface area contributed by atoms with Crippen LogP contribution in [0.3, 0.4) is 0 Å². The molecule has 0 aromatic heterocycles. The monoisotopic (exact) mass is 360 g/mol. The van der Waals surface area contributed by atoms with Gasteiger partial charge in [-0.15, -0.1) is 23.9 Å². The number of allylic oxidation sites excluding steroid dienone is 2. The standard InChI is InChI=1S/C22H29ClO2/c1-3-15-6-9-20-18-8-5-14-4-7-16(25-21(24)13-23)12-19(14)17(18)10-11-22(15,20)2/h1,7,14-15,17-20H,4-6,8-13H2,2H3/t14?,15-,17-,18+,19-,20-,22+/m0/s1. The van der Waals surface area contributed by atoms with E-state index in [0.717, 1.165) is 42.3 Å². The molecule has 0 spiro atoms. The Labute approximate surface area is 156 Å². The van der Waals surface area contributed by atoms with Gasteiger partial charge in [0.05, 0.1) is 0 Å². The molecule has 4 rings (SSSR count). The first-order valence-corrected chi connectivity index (χ1v) is 10.5. The lowest BCUT2D eigenvalue weighted by molar-refractivity contribution is -0.137. The Kier molecular flexibility index (Phi) is 4.65. The molecule has 3 fully saturated rings. The van der Waals surface area contributed by atoms with E-state index in [0.29, 0.717) is 17.3 Å². The molecule has 0 heterocycles. The predicted molar refractivity (Wildman–Crippen MR) is 99.7 cm³/mol. The second-order valence-electron chi connectivity index (χ2n) is 8.99. The Morgan fingerprint density at radius 2 is 2.12 bits per heavy atom. The molecule has 0 amide bonds. The molecule has 0 N–H and O–H groups in total. The maximum Gasteiger partial charge on any atom is 0.325 e. The van der Waals surface area contributed by atoms with Gasteiger partial charge in [0.25, 0.3) is 0 Å². The third kappa shape index (κ3) is 2.84. The summed E-state index contributed by atoms with van der Waals surface area (Å²) in [6, 6.07) is 0. The summed E-state index contributed by atoms with van der Waals surface area (Å²) >= 11 is 5.61. The molecule has 3 saturated carbocycles. The van der Waals surface area contributed by atoms with Gasteiger partial charge in [-0.05, 0) is 86.0 Å². The largest absolute Gasteiger partial charge is 0.431 e. The maximum atomic E-state index is 11.6. The number of terminal acetylenes is 1. The van der Waals surface area contributed by atoms with Crippen molar-refractivity contribution in [1.82, 2.24) is 0 Å². The lowest BCUT2D eigenvalue weighted by Crippen LogP contribution is -2.47. The zero-order valence-electron chi connectivity index (χ0n) is 15.2. The summed E-state index contributed by atoms with van der Waals surface area (Å²) in [4.78, 5) is 11.6. The highest BCUT2D eigenvalue weighted by molar-refractivity contribution is 6.26. The Morgan fingerprint density at radius 3 is 2.88 bits per heavy atom. The van der Waals surface area contributed by atoms with Crippen molar-refractivity contribution in [3.05, 3.63) is 11.8 Å². The molecule has 0 saturated heterocycles. The van der Waals surface area contributed by atoms with E-state index in [2.05, 4.69) is 18.9 Å². The van der Waals surface area contributed by atoms with Gasteiger partial charge < -0.3 is 4.74 Å². The summed E-state index contributed by atoms with van der Waals surface area (Å²) in [7, 11) is 0. The number of ether oxygens (including phenoxy) is 1. The maximum absolute atomic E-state index is 11.6. The second kappa shape index (κ2) is 6.66. The van der Waals surface area contributed by atoms with E-state index in [1.54, 1.807) is 0 Å². The van der Waals surface area contributed by atoms with Gasteiger partial charge in [-0.25, -0.2) is 0 Å². The van der Waals surface area contributed by atoms with E-state index < -0.39 is 0 Å². The van der Waals surface area contributed by atoms with E-state index in [-0.39, 0.29) is 11.8 Å². The molecule has 0 aromatic rings. The number of fused-ring (bicyclic) bond motifs is 5. The fraction of sp³-hybridized carbons (Fsp3) is 0.773. The van der Waals surface area contributed by atoms with Crippen LogP contribution in [0.15, 0.2) is 11.8 Å². The molecule has 4 aliphatic rings. The van der Waals surface area contributed by atoms with Crippen LogP contribution >= 0.6 is 11.6 Å². The highest BCUT2D eigenvalue weighted by atomic mass is 35.5. The third-order valence-electron chi connectivity index (χ3n) is 8.16. The average molecular weight is 361 g/mol. The topological polar surface area (TPSA) is 26.3 Å². The van der Waals surface area contributed by atoms with Crippen molar-refractivity contribution in [1.29, 1.82) is 0 Å². The van der Waals surface area contributed by atoms with E-state index in [1.165, 1.54) is 38.5 Å². The first kappa shape index (κ1) is 17.5. The van der Waals surface area contributed by atoms with Gasteiger partial charge in [-0.3, -0.25) is 4.79 Å². The fourth-order valence-electron chi connectivity index (χ4n) is 6.97. The normalized spacial score (nSPS) is 45.4. The van der Waals surface area contributed by atoms with Gasteiger partial charge in [-0.1, -0.05) is 6.92 Å². The van der Waals surface area contributed by atoms with Crippen LogP contribution in [0.2, 0.25) is 0 Å². The molecule has 7 atom stereocenters. The van der Waals surface area contributed by atoms with Crippen LogP contribution in [0, 0.1) is 53.3 Å². The van der Waals surface area contributed by atoms with Gasteiger partial charge >= 0.3 is 5.97 Å². The number of alkyl halides is 1. The molecule has 3 heteroatoms. The SMILES string of the molecule is C#C[C@H]1CC[C@H]2[C@@H]3CCC4CC=C(OC(=O)CCl)C[C@@H]4[C@H]3CC[C@]12C. The summed E-state index contributed by atoms with van der Waals surface area (Å²) < 4.78 is 5.47. The minimum Gasteiger partial charge on any atom is -0.431 e. The van der Waals surface area contributed by atoms with Crippen LogP contribution in [-0.2, 0) is 9.53 Å². The third-order valence-corrected chi connectivity index (χ3v) is 8.38. The molecule has 0 aliphatic heterocycles. The Morgan fingerprint density at radius 1 is 1.28 bits per heavy atom. The summed E-state index contributed by atoms with van der Waals surface area (Å²) in [5.41, 5.74) is 0.362. The van der Waals surface area contributed by atoms with Crippen LogP contribution in [0.1, 0.15) is 58.3 Å². The Balaban J connectivity index is 1.52. The molecule has 1 unspecified atom stereocenters. The van der Waals surface area contributed by atoms with E-state index in [1.807, 2.05) is 0 Å². The van der Waals surface area contributed by atoms with Crippen molar-refractivity contribution in [3.8, 4) is 12.3 Å². The lowest BCUT2D eigenvalue weighted by atomic mass is 9.50. The van der Waals surface area contributed by atoms with Gasteiger partial charge in [0.1, 0.15) is 11.6 Å². The molecule has 136 valence electrons. The van der Waals surface area contributed by atoms with Crippen LogP contribution in [0.5, 0.6) is 0 Å². The lowest BCUT2D eigenvalue weighted by Gasteiger charge is -2.55. The molecule has 0 aromatic carbocycles.